The number of carbonyl (C=O) groups excluding carboxylic acids is 5. The van der Waals surface area contributed by atoms with Gasteiger partial charge in [0, 0.05) is 20.0 Å². The maximum atomic E-state index is 13.2. The SMILES string of the molecule is C#CCC(C(=O)NC(C)C=O)N(C)C(=O)C1CCCN1C(=O)CCOC(=O)C1CCCN1C. The zero-order valence-electron chi connectivity index (χ0n) is 19.6. The molecule has 10 heteroatoms. The summed E-state index contributed by atoms with van der Waals surface area (Å²) in [5.41, 5.74) is 0. The van der Waals surface area contributed by atoms with Gasteiger partial charge in [-0.1, -0.05) is 0 Å². The summed E-state index contributed by atoms with van der Waals surface area (Å²) in [6.07, 6.45) is 8.74. The fourth-order valence-electron chi connectivity index (χ4n) is 4.27. The van der Waals surface area contributed by atoms with Crippen molar-refractivity contribution in [3.05, 3.63) is 0 Å². The van der Waals surface area contributed by atoms with Gasteiger partial charge in [0.2, 0.25) is 17.7 Å². The molecule has 182 valence electrons. The summed E-state index contributed by atoms with van der Waals surface area (Å²) in [5, 5.41) is 2.51. The van der Waals surface area contributed by atoms with Crippen LogP contribution >= 0.6 is 0 Å². The largest absolute Gasteiger partial charge is 0.464 e. The average Bonchev–Trinajstić information content (AvgIpc) is 3.45. The highest BCUT2D eigenvalue weighted by Crippen LogP contribution is 2.22. The first-order valence-electron chi connectivity index (χ1n) is 11.3. The highest BCUT2D eigenvalue weighted by Gasteiger charge is 2.39. The lowest BCUT2D eigenvalue weighted by molar-refractivity contribution is -0.151. The van der Waals surface area contributed by atoms with Crippen LogP contribution < -0.4 is 5.32 Å². The first kappa shape index (κ1) is 26.3. The Hall–Kier alpha value is -2.93. The zero-order valence-corrected chi connectivity index (χ0v) is 19.6. The van der Waals surface area contributed by atoms with Gasteiger partial charge in [-0.15, -0.1) is 12.3 Å². The van der Waals surface area contributed by atoms with Crippen LogP contribution in [-0.4, -0.2) is 103 Å². The summed E-state index contributed by atoms with van der Waals surface area (Å²) in [5.74, 6) is 0.867. The minimum Gasteiger partial charge on any atom is -0.464 e. The fourth-order valence-corrected chi connectivity index (χ4v) is 4.27. The minimum absolute atomic E-state index is 0.0131. The van der Waals surface area contributed by atoms with E-state index in [2.05, 4.69) is 11.2 Å². The van der Waals surface area contributed by atoms with Crippen molar-refractivity contribution in [1.29, 1.82) is 0 Å². The Morgan fingerprint density at radius 3 is 2.48 bits per heavy atom. The molecule has 2 saturated heterocycles. The van der Waals surface area contributed by atoms with Crippen LogP contribution in [0.4, 0.5) is 0 Å². The maximum Gasteiger partial charge on any atom is 0.323 e. The molecule has 33 heavy (non-hydrogen) atoms. The molecule has 1 N–H and O–H groups in total. The van der Waals surface area contributed by atoms with Crippen molar-refractivity contribution in [2.45, 2.75) is 69.6 Å². The second-order valence-electron chi connectivity index (χ2n) is 8.61. The molecule has 2 aliphatic heterocycles. The number of rotatable bonds is 10. The van der Waals surface area contributed by atoms with Crippen LogP contribution in [0.15, 0.2) is 0 Å². The third kappa shape index (κ3) is 6.78. The third-order valence-electron chi connectivity index (χ3n) is 6.21. The molecular weight excluding hydrogens is 428 g/mol. The lowest BCUT2D eigenvalue weighted by Crippen LogP contribution is -2.54. The molecule has 0 bridgehead atoms. The predicted octanol–water partition coefficient (Wildman–Crippen LogP) is -0.441. The van der Waals surface area contributed by atoms with Gasteiger partial charge < -0.3 is 24.6 Å². The van der Waals surface area contributed by atoms with E-state index in [-0.39, 0.29) is 43.3 Å². The topological polar surface area (TPSA) is 116 Å². The van der Waals surface area contributed by atoms with Gasteiger partial charge in [-0.2, -0.15) is 0 Å². The minimum atomic E-state index is -0.952. The number of carbonyl (C=O) groups is 5. The summed E-state index contributed by atoms with van der Waals surface area (Å²) in [7, 11) is 3.34. The Morgan fingerprint density at radius 1 is 1.21 bits per heavy atom. The van der Waals surface area contributed by atoms with Gasteiger partial charge >= 0.3 is 5.97 Å². The number of likely N-dealkylation sites (tertiary alicyclic amines) is 2. The lowest BCUT2D eigenvalue weighted by atomic mass is 10.1. The quantitative estimate of drug-likeness (QED) is 0.266. The van der Waals surface area contributed by atoms with Crippen LogP contribution in [0.1, 0.15) is 45.4 Å². The van der Waals surface area contributed by atoms with E-state index >= 15 is 0 Å². The normalized spacial score (nSPS) is 22.2. The summed E-state index contributed by atoms with van der Waals surface area (Å²) in [6.45, 7) is 2.74. The van der Waals surface area contributed by atoms with Crippen molar-refractivity contribution in [1.82, 2.24) is 20.0 Å². The summed E-state index contributed by atoms with van der Waals surface area (Å²) in [4.78, 5) is 66.2. The van der Waals surface area contributed by atoms with Crippen molar-refractivity contribution in [3.8, 4) is 12.3 Å². The van der Waals surface area contributed by atoms with Gasteiger partial charge in [-0.05, 0) is 46.2 Å². The molecule has 0 spiro atoms. The van der Waals surface area contributed by atoms with E-state index in [9.17, 15) is 24.0 Å². The van der Waals surface area contributed by atoms with E-state index in [0.29, 0.717) is 25.7 Å². The maximum absolute atomic E-state index is 13.2. The van der Waals surface area contributed by atoms with E-state index in [0.717, 1.165) is 19.4 Å². The number of hydrogen-bond donors (Lipinski definition) is 1. The third-order valence-corrected chi connectivity index (χ3v) is 6.21. The van der Waals surface area contributed by atoms with Crippen LogP contribution in [-0.2, 0) is 28.7 Å². The Kier molecular flexibility index (Phi) is 9.85. The molecule has 4 atom stereocenters. The number of hydrogen-bond acceptors (Lipinski definition) is 7. The standard InChI is InChI=1S/C23H34N4O6/c1-5-8-17(21(30)24-16(2)15-28)26(4)22(31)18-9-7-13-27(18)20(29)11-14-33-23(32)19-10-6-12-25(19)3/h1,15-19H,6-14H2,2-4H3,(H,24,30). The summed E-state index contributed by atoms with van der Waals surface area (Å²) >= 11 is 0. The van der Waals surface area contributed by atoms with Gasteiger partial charge in [-0.3, -0.25) is 24.1 Å². The van der Waals surface area contributed by atoms with Crippen LogP contribution in [0.5, 0.6) is 0 Å². The van der Waals surface area contributed by atoms with Gasteiger partial charge in [0.25, 0.3) is 0 Å². The molecule has 10 nitrogen and oxygen atoms in total. The molecule has 2 fully saturated rings. The molecule has 0 aliphatic carbocycles. The molecule has 0 saturated carbocycles. The average molecular weight is 463 g/mol. The highest BCUT2D eigenvalue weighted by molar-refractivity contribution is 5.93. The number of esters is 1. The van der Waals surface area contributed by atoms with Crippen LogP contribution in [0.3, 0.4) is 0 Å². The smallest absolute Gasteiger partial charge is 0.323 e. The van der Waals surface area contributed by atoms with Crippen molar-refractivity contribution < 1.29 is 28.7 Å². The van der Waals surface area contributed by atoms with E-state index in [1.165, 1.54) is 23.8 Å². The second kappa shape index (κ2) is 12.3. The van der Waals surface area contributed by atoms with Gasteiger partial charge in [-0.25, -0.2) is 0 Å². The molecule has 0 aromatic carbocycles. The summed E-state index contributed by atoms with van der Waals surface area (Å²) < 4.78 is 5.29. The molecule has 4 unspecified atom stereocenters. The number of aldehydes is 1. The zero-order chi connectivity index (χ0) is 24.5. The van der Waals surface area contributed by atoms with Gasteiger partial charge in [0.15, 0.2) is 0 Å². The van der Waals surface area contributed by atoms with Crippen molar-refractivity contribution in [2.24, 2.45) is 0 Å². The molecule has 0 radical (unpaired) electrons. The fraction of sp³-hybridized carbons (Fsp3) is 0.696. The molecular formula is C23H34N4O6. The first-order valence-corrected chi connectivity index (χ1v) is 11.3. The van der Waals surface area contributed by atoms with E-state index < -0.39 is 24.0 Å². The molecule has 2 heterocycles. The summed E-state index contributed by atoms with van der Waals surface area (Å²) in [6, 6.07) is -2.64. The van der Waals surface area contributed by atoms with Crippen molar-refractivity contribution in [3.63, 3.8) is 0 Å². The van der Waals surface area contributed by atoms with Crippen molar-refractivity contribution >= 4 is 30.0 Å². The highest BCUT2D eigenvalue weighted by atomic mass is 16.5. The molecule has 2 aliphatic rings. The number of ether oxygens (including phenoxy) is 1. The molecule has 3 amide bonds. The Balaban J connectivity index is 1.94. The predicted molar refractivity (Wildman–Crippen MR) is 120 cm³/mol. The Bertz CT molecular complexity index is 794. The van der Waals surface area contributed by atoms with E-state index in [1.54, 1.807) is 0 Å². The number of nitrogens with zero attached hydrogens (tertiary/aromatic N) is 3. The Morgan fingerprint density at radius 2 is 1.88 bits per heavy atom. The monoisotopic (exact) mass is 462 g/mol. The van der Waals surface area contributed by atoms with Crippen molar-refractivity contribution in [2.75, 3.05) is 33.8 Å². The second-order valence-corrected chi connectivity index (χ2v) is 8.61. The Labute approximate surface area is 195 Å². The van der Waals surface area contributed by atoms with E-state index in [1.807, 2.05) is 11.9 Å². The van der Waals surface area contributed by atoms with Crippen LogP contribution in [0.25, 0.3) is 0 Å². The molecule has 2 rings (SSSR count). The molecule has 0 aromatic heterocycles. The first-order chi connectivity index (χ1) is 15.7. The molecule has 0 aromatic rings. The number of amides is 3. The van der Waals surface area contributed by atoms with Crippen LogP contribution in [0.2, 0.25) is 0 Å². The number of nitrogens with one attached hydrogen (secondary N) is 1. The van der Waals surface area contributed by atoms with Gasteiger partial charge in [0.05, 0.1) is 12.5 Å². The van der Waals surface area contributed by atoms with Gasteiger partial charge in [0.1, 0.15) is 31.0 Å². The lowest BCUT2D eigenvalue weighted by Gasteiger charge is -2.32. The van der Waals surface area contributed by atoms with E-state index in [4.69, 9.17) is 11.2 Å². The number of terminal acetylenes is 1. The van der Waals surface area contributed by atoms with Crippen LogP contribution in [0, 0.1) is 12.3 Å². The number of likely N-dealkylation sites (N-methyl/N-ethyl adjacent to an activating group) is 2.